The average molecular weight is 487 g/mol. The monoisotopic (exact) mass is 486 g/mol. The van der Waals surface area contributed by atoms with Gasteiger partial charge in [0, 0.05) is 48.0 Å². The Bertz CT molecular complexity index is 1220. The van der Waals surface area contributed by atoms with E-state index in [0.29, 0.717) is 33.2 Å². The molecule has 1 aliphatic heterocycles. The number of halogens is 3. The second-order valence-corrected chi connectivity index (χ2v) is 8.59. The normalized spacial score (nSPS) is 13.3. The van der Waals surface area contributed by atoms with Crippen LogP contribution in [0.5, 0.6) is 0 Å². The molecule has 170 valence electrons. The van der Waals surface area contributed by atoms with Crippen LogP contribution in [0, 0.1) is 5.82 Å². The second-order valence-electron chi connectivity index (χ2n) is 7.78. The Morgan fingerprint density at radius 3 is 2.48 bits per heavy atom. The molecule has 1 aromatic heterocycles. The molecular weight excluding hydrogens is 466 g/mol. The van der Waals surface area contributed by atoms with E-state index in [1.807, 2.05) is 6.07 Å². The summed E-state index contributed by atoms with van der Waals surface area (Å²) in [6.07, 6.45) is 3.56. The number of nitrogens with two attached hydrogens (primary N) is 1. The van der Waals surface area contributed by atoms with Gasteiger partial charge in [-0.05, 0) is 49.2 Å². The lowest BCUT2D eigenvalue weighted by Gasteiger charge is -2.26. The number of carbonyl (C=O) groups is 2. The van der Waals surface area contributed by atoms with Gasteiger partial charge in [0.2, 0.25) is 5.91 Å². The summed E-state index contributed by atoms with van der Waals surface area (Å²) in [7, 11) is 1.54. The summed E-state index contributed by atoms with van der Waals surface area (Å²) in [5.74, 6) is -1.50. The van der Waals surface area contributed by atoms with Crippen LogP contribution in [0.4, 0.5) is 15.9 Å². The van der Waals surface area contributed by atoms with Crippen LogP contribution in [-0.4, -0.2) is 36.9 Å². The Kier molecular flexibility index (Phi) is 6.54. The van der Waals surface area contributed by atoms with E-state index in [1.54, 1.807) is 24.4 Å². The average Bonchev–Trinajstić information content (AvgIpc) is 3.33. The van der Waals surface area contributed by atoms with Crippen LogP contribution in [0.25, 0.3) is 11.1 Å². The molecule has 0 atom stereocenters. The molecule has 6 nitrogen and oxygen atoms in total. The van der Waals surface area contributed by atoms with Crippen molar-refractivity contribution in [2.24, 2.45) is 5.73 Å². The van der Waals surface area contributed by atoms with Crippen molar-refractivity contribution >= 4 is 46.5 Å². The van der Waals surface area contributed by atoms with Gasteiger partial charge in [-0.3, -0.25) is 14.5 Å². The lowest BCUT2D eigenvalue weighted by molar-refractivity contribution is 0.0984. The summed E-state index contributed by atoms with van der Waals surface area (Å²) < 4.78 is 14.4. The molecule has 0 radical (unpaired) electrons. The van der Waals surface area contributed by atoms with Gasteiger partial charge in [0.1, 0.15) is 5.82 Å². The highest BCUT2D eigenvalue weighted by Crippen LogP contribution is 2.37. The first kappa shape index (κ1) is 23.0. The van der Waals surface area contributed by atoms with Gasteiger partial charge in [-0.25, -0.2) is 9.37 Å². The van der Waals surface area contributed by atoms with Crippen molar-refractivity contribution in [1.29, 1.82) is 0 Å². The maximum Gasteiger partial charge on any atom is 0.263 e. The highest BCUT2D eigenvalue weighted by Gasteiger charge is 2.26. The number of amides is 2. The molecule has 2 N–H and O–H groups in total. The number of rotatable bonds is 5. The van der Waals surface area contributed by atoms with Gasteiger partial charge in [0.25, 0.3) is 5.91 Å². The predicted octanol–water partition coefficient (Wildman–Crippen LogP) is 5.17. The molecule has 0 saturated carbocycles. The van der Waals surface area contributed by atoms with Gasteiger partial charge in [-0.2, -0.15) is 0 Å². The van der Waals surface area contributed by atoms with Gasteiger partial charge in [0.05, 0.1) is 16.3 Å². The summed E-state index contributed by atoms with van der Waals surface area (Å²) in [4.78, 5) is 32.8. The highest BCUT2D eigenvalue weighted by atomic mass is 35.5. The Balaban J connectivity index is 1.81. The molecule has 0 unspecified atom stereocenters. The smallest absolute Gasteiger partial charge is 0.263 e. The lowest BCUT2D eigenvalue weighted by atomic mass is 10.0. The van der Waals surface area contributed by atoms with Crippen LogP contribution in [-0.2, 0) is 0 Å². The fourth-order valence-electron chi connectivity index (χ4n) is 3.91. The van der Waals surface area contributed by atoms with Gasteiger partial charge < -0.3 is 10.6 Å². The van der Waals surface area contributed by atoms with Crippen LogP contribution in [0.3, 0.4) is 0 Å². The maximum absolute atomic E-state index is 14.4. The number of nitrogens with zero attached hydrogens (tertiary/aromatic N) is 3. The number of primary amides is 1. The molecule has 2 amide bonds. The summed E-state index contributed by atoms with van der Waals surface area (Å²) in [6.45, 7) is 1.57. The molecule has 2 aromatic carbocycles. The summed E-state index contributed by atoms with van der Waals surface area (Å²) in [5, 5.41) is 0.464. The number of hydrogen-bond donors (Lipinski definition) is 1. The topological polar surface area (TPSA) is 79.5 Å². The van der Waals surface area contributed by atoms with Gasteiger partial charge in [-0.1, -0.05) is 29.3 Å². The van der Waals surface area contributed by atoms with Crippen LogP contribution < -0.4 is 15.5 Å². The predicted molar refractivity (Wildman–Crippen MR) is 129 cm³/mol. The van der Waals surface area contributed by atoms with E-state index in [-0.39, 0.29) is 10.6 Å². The summed E-state index contributed by atoms with van der Waals surface area (Å²) in [5.41, 5.74) is 7.50. The van der Waals surface area contributed by atoms with Crippen molar-refractivity contribution in [2.75, 3.05) is 29.9 Å². The van der Waals surface area contributed by atoms with Gasteiger partial charge in [-0.15, -0.1) is 0 Å². The molecule has 4 rings (SSSR count). The standard InChI is InChI=1S/C24H21Cl2FN4O2/c1-30(24(33)21-18(26)5-4-6-19(21)27)23-20(31-9-2-3-10-31)12-15(13-29-23)16-11-14(22(28)32)7-8-17(16)25/h4-8,11-13H,2-3,9-10H2,1H3,(H2,28,32). The van der Waals surface area contributed by atoms with Crippen molar-refractivity contribution in [3.63, 3.8) is 0 Å². The molecule has 3 aromatic rings. The summed E-state index contributed by atoms with van der Waals surface area (Å²) in [6, 6.07) is 10.8. The third kappa shape index (κ3) is 4.51. The molecule has 1 fully saturated rings. The first-order valence-corrected chi connectivity index (χ1v) is 11.1. The quantitative estimate of drug-likeness (QED) is 0.539. The molecule has 1 aliphatic rings. The molecule has 33 heavy (non-hydrogen) atoms. The summed E-state index contributed by atoms with van der Waals surface area (Å²) >= 11 is 12.5. The number of anilines is 2. The fraction of sp³-hybridized carbons (Fsp3) is 0.208. The maximum atomic E-state index is 14.4. The van der Waals surface area contributed by atoms with Crippen molar-refractivity contribution in [3.05, 3.63) is 75.7 Å². The van der Waals surface area contributed by atoms with Crippen molar-refractivity contribution in [3.8, 4) is 11.1 Å². The first-order valence-electron chi connectivity index (χ1n) is 10.3. The SMILES string of the molecule is CN(C(=O)c1c(F)cccc1Cl)c1ncc(-c2cc(C(N)=O)ccc2Cl)cc1N1CCCC1. The van der Waals surface area contributed by atoms with Gasteiger partial charge >= 0.3 is 0 Å². The molecule has 0 bridgehead atoms. The Morgan fingerprint density at radius 1 is 1.09 bits per heavy atom. The van der Waals surface area contributed by atoms with Crippen molar-refractivity contribution in [2.45, 2.75) is 12.8 Å². The Hall–Kier alpha value is -3.16. The lowest BCUT2D eigenvalue weighted by Crippen LogP contribution is -2.31. The molecule has 2 heterocycles. The van der Waals surface area contributed by atoms with E-state index in [4.69, 9.17) is 28.9 Å². The number of carbonyl (C=O) groups excluding carboxylic acids is 2. The van der Waals surface area contributed by atoms with Crippen molar-refractivity contribution < 1.29 is 14.0 Å². The third-order valence-electron chi connectivity index (χ3n) is 5.65. The second kappa shape index (κ2) is 9.37. The van der Waals surface area contributed by atoms with Crippen LogP contribution in [0.15, 0.2) is 48.7 Å². The number of benzene rings is 2. The van der Waals surface area contributed by atoms with Crippen LogP contribution in [0.2, 0.25) is 10.0 Å². The van der Waals surface area contributed by atoms with Crippen LogP contribution in [0.1, 0.15) is 33.6 Å². The molecule has 9 heteroatoms. The third-order valence-corrected chi connectivity index (χ3v) is 6.30. The fourth-order valence-corrected chi connectivity index (χ4v) is 4.38. The zero-order valence-corrected chi connectivity index (χ0v) is 19.3. The molecular formula is C24H21Cl2FN4O2. The molecule has 0 aliphatic carbocycles. The van der Waals surface area contributed by atoms with E-state index in [1.165, 1.54) is 30.1 Å². The number of aromatic nitrogens is 1. The minimum atomic E-state index is -0.700. The highest BCUT2D eigenvalue weighted by molar-refractivity contribution is 6.34. The number of hydrogen-bond acceptors (Lipinski definition) is 4. The van der Waals surface area contributed by atoms with E-state index in [2.05, 4.69) is 9.88 Å². The Morgan fingerprint density at radius 2 is 1.82 bits per heavy atom. The van der Waals surface area contributed by atoms with Crippen molar-refractivity contribution in [1.82, 2.24) is 4.98 Å². The largest absolute Gasteiger partial charge is 0.369 e. The Labute approximate surface area is 200 Å². The molecule has 1 saturated heterocycles. The van der Waals surface area contributed by atoms with E-state index in [9.17, 15) is 14.0 Å². The van der Waals surface area contributed by atoms with Gasteiger partial charge in [0.15, 0.2) is 5.82 Å². The minimum Gasteiger partial charge on any atom is -0.369 e. The zero-order valence-electron chi connectivity index (χ0n) is 17.8. The van der Waals surface area contributed by atoms with E-state index in [0.717, 1.165) is 25.9 Å². The molecule has 0 spiro atoms. The zero-order chi connectivity index (χ0) is 23.7. The van der Waals surface area contributed by atoms with Crippen LogP contribution >= 0.6 is 23.2 Å². The first-order chi connectivity index (χ1) is 15.8. The van der Waals surface area contributed by atoms with E-state index >= 15 is 0 Å². The number of pyridine rings is 1. The minimum absolute atomic E-state index is 0.0289. The van der Waals surface area contributed by atoms with E-state index < -0.39 is 17.6 Å².